The van der Waals surface area contributed by atoms with Crippen LogP contribution in [0.3, 0.4) is 0 Å². The van der Waals surface area contributed by atoms with Crippen molar-refractivity contribution < 1.29 is 19.1 Å². The van der Waals surface area contributed by atoms with Gasteiger partial charge in [-0.2, -0.15) is 4.99 Å². The van der Waals surface area contributed by atoms with E-state index in [1.165, 1.54) is 30.0 Å². The number of benzene rings is 2. The summed E-state index contributed by atoms with van der Waals surface area (Å²) in [5, 5.41) is 22.8. The lowest BCUT2D eigenvalue weighted by atomic mass is 10.1. The molecular formula is C24H19N5O6S. The molecule has 1 amide bonds. The predicted octanol–water partition coefficient (Wildman–Crippen LogP) is 4.56. The van der Waals surface area contributed by atoms with Crippen LogP contribution in [0, 0.1) is 20.2 Å². The number of furan rings is 1. The molecule has 0 atom stereocenters. The zero-order valence-electron chi connectivity index (χ0n) is 18.8. The van der Waals surface area contributed by atoms with Crippen molar-refractivity contribution in [3.8, 4) is 11.3 Å². The van der Waals surface area contributed by atoms with Gasteiger partial charge in [-0.05, 0) is 42.1 Å². The highest BCUT2D eigenvalue weighted by molar-refractivity contribution is 8.18. The lowest BCUT2D eigenvalue weighted by Gasteiger charge is -2.36. The van der Waals surface area contributed by atoms with Crippen LogP contribution in [0.2, 0.25) is 0 Å². The predicted molar refractivity (Wildman–Crippen MR) is 136 cm³/mol. The minimum atomic E-state index is -0.465. The van der Waals surface area contributed by atoms with E-state index in [9.17, 15) is 25.0 Å². The number of aliphatic imine (C=N–C) groups is 1. The van der Waals surface area contributed by atoms with Crippen molar-refractivity contribution in [1.29, 1.82) is 0 Å². The molecule has 2 aliphatic heterocycles. The Labute approximate surface area is 209 Å². The van der Waals surface area contributed by atoms with Crippen LogP contribution in [-0.2, 0) is 4.79 Å². The highest BCUT2D eigenvalue weighted by atomic mass is 32.2. The zero-order valence-corrected chi connectivity index (χ0v) is 19.6. The maximum Gasteiger partial charge on any atom is 0.292 e. The summed E-state index contributed by atoms with van der Waals surface area (Å²) in [4.78, 5) is 42.4. The number of nitrogens with zero attached hydrogens (tertiary/aromatic N) is 5. The lowest BCUT2D eigenvalue weighted by molar-refractivity contribution is -0.384. The lowest BCUT2D eigenvalue weighted by Crippen LogP contribution is -2.48. The molecule has 0 saturated carbocycles. The molecule has 3 aromatic rings. The number of non-ortho nitro benzene ring substituents is 1. The Bertz CT molecular complexity index is 1410. The van der Waals surface area contributed by atoms with Crippen LogP contribution in [0.1, 0.15) is 5.76 Å². The van der Waals surface area contributed by atoms with Crippen LogP contribution >= 0.6 is 11.8 Å². The third-order valence-electron chi connectivity index (χ3n) is 5.84. The fourth-order valence-electron chi connectivity index (χ4n) is 4.02. The second-order valence-corrected chi connectivity index (χ2v) is 9.05. The van der Waals surface area contributed by atoms with Crippen LogP contribution < -0.4 is 4.90 Å². The number of amides is 1. The molecule has 1 aromatic heterocycles. The number of nitro benzene ring substituents is 2. The van der Waals surface area contributed by atoms with Crippen LogP contribution in [0.15, 0.2) is 75.0 Å². The molecule has 1 fully saturated rings. The number of carbonyl (C=O) groups is 1. The Morgan fingerprint density at radius 2 is 1.58 bits per heavy atom. The van der Waals surface area contributed by atoms with E-state index >= 15 is 0 Å². The molecule has 0 unspecified atom stereocenters. The molecule has 3 heterocycles. The highest BCUT2D eigenvalue weighted by Gasteiger charge is 2.30. The van der Waals surface area contributed by atoms with Gasteiger partial charge in [0.25, 0.3) is 17.3 Å². The topological polar surface area (TPSA) is 135 Å². The van der Waals surface area contributed by atoms with Crippen LogP contribution in [0.5, 0.6) is 0 Å². The Morgan fingerprint density at radius 3 is 2.28 bits per heavy atom. The Hall–Kier alpha value is -4.45. The number of piperazine rings is 1. The first-order valence-electron chi connectivity index (χ1n) is 11.0. The second-order valence-electron chi connectivity index (χ2n) is 8.04. The van der Waals surface area contributed by atoms with E-state index in [0.29, 0.717) is 59.0 Å². The average Bonchev–Trinajstić information content (AvgIpc) is 3.51. The number of para-hydroxylation sites is 2. The first-order chi connectivity index (χ1) is 17.4. The quantitative estimate of drug-likeness (QED) is 0.278. The molecule has 36 heavy (non-hydrogen) atoms. The zero-order chi connectivity index (χ0) is 25.2. The Morgan fingerprint density at radius 1 is 0.889 bits per heavy atom. The van der Waals surface area contributed by atoms with E-state index in [4.69, 9.17) is 4.42 Å². The van der Waals surface area contributed by atoms with Gasteiger partial charge in [-0.1, -0.05) is 12.1 Å². The third kappa shape index (κ3) is 4.70. The normalized spacial score (nSPS) is 16.9. The number of anilines is 1. The first-order valence-corrected chi connectivity index (χ1v) is 11.8. The number of nitro groups is 2. The van der Waals surface area contributed by atoms with Gasteiger partial charge < -0.3 is 14.2 Å². The summed E-state index contributed by atoms with van der Waals surface area (Å²) < 4.78 is 5.82. The minimum absolute atomic E-state index is 0.00639. The molecule has 1 saturated heterocycles. The second kappa shape index (κ2) is 9.66. The van der Waals surface area contributed by atoms with Gasteiger partial charge in [0, 0.05) is 56.0 Å². The van der Waals surface area contributed by atoms with Gasteiger partial charge in [-0.3, -0.25) is 25.0 Å². The molecule has 0 radical (unpaired) electrons. The molecule has 5 rings (SSSR count). The SMILES string of the molecule is O=C1N=C(N2CCN(c3ccccc3[N+](=O)[O-])CC2)S/C1=C/c1ccc(-c2ccc([N+](=O)[O-])cc2)o1. The summed E-state index contributed by atoms with van der Waals surface area (Å²) in [5.74, 6) is 0.640. The van der Waals surface area contributed by atoms with Gasteiger partial charge >= 0.3 is 0 Å². The number of rotatable bonds is 5. The van der Waals surface area contributed by atoms with Crippen molar-refractivity contribution in [2.75, 3.05) is 31.1 Å². The van der Waals surface area contributed by atoms with Gasteiger partial charge in [0.2, 0.25) is 0 Å². The van der Waals surface area contributed by atoms with E-state index in [2.05, 4.69) is 4.99 Å². The number of hydrogen-bond acceptors (Lipinski definition) is 9. The Balaban J connectivity index is 1.23. The summed E-state index contributed by atoms with van der Waals surface area (Å²) in [6.45, 7) is 2.27. The molecule has 0 bridgehead atoms. The van der Waals surface area contributed by atoms with E-state index < -0.39 is 4.92 Å². The molecule has 2 aliphatic rings. The fraction of sp³-hybridized carbons (Fsp3) is 0.167. The standard InChI is InChI=1S/C24H19N5O6S/c30-23-22(15-18-9-10-21(35-18)16-5-7-17(8-6-16)28(31)32)36-24(25-23)27-13-11-26(12-14-27)19-3-1-2-4-20(19)29(33)34/h1-10,15H,11-14H2/b22-15+. The van der Waals surface area contributed by atoms with Gasteiger partial charge in [-0.15, -0.1) is 0 Å². The minimum Gasteiger partial charge on any atom is -0.457 e. The summed E-state index contributed by atoms with van der Waals surface area (Å²) in [5.41, 5.74) is 1.34. The van der Waals surface area contributed by atoms with Crippen molar-refractivity contribution in [1.82, 2.24) is 4.90 Å². The van der Waals surface area contributed by atoms with Crippen molar-refractivity contribution >= 4 is 46.0 Å². The van der Waals surface area contributed by atoms with Crippen molar-refractivity contribution in [2.24, 2.45) is 4.99 Å². The van der Waals surface area contributed by atoms with Gasteiger partial charge in [0.1, 0.15) is 17.2 Å². The van der Waals surface area contributed by atoms with E-state index in [1.54, 1.807) is 48.5 Å². The van der Waals surface area contributed by atoms with E-state index in [0.717, 1.165) is 0 Å². The molecule has 182 valence electrons. The number of hydrogen-bond donors (Lipinski definition) is 0. The molecular weight excluding hydrogens is 486 g/mol. The van der Waals surface area contributed by atoms with Gasteiger partial charge in [-0.25, -0.2) is 0 Å². The van der Waals surface area contributed by atoms with Crippen molar-refractivity contribution in [3.05, 3.63) is 91.6 Å². The molecule has 11 nitrogen and oxygen atoms in total. The highest BCUT2D eigenvalue weighted by Crippen LogP contribution is 2.34. The molecule has 0 N–H and O–H groups in total. The van der Waals surface area contributed by atoms with Crippen molar-refractivity contribution in [2.45, 2.75) is 0 Å². The van der Waals surface area contributed by atoms with E-state index in [-0.39, 0.29) is 22.2 Å². The summed E-state index contributed by atoms with van der Waals surface area (Å²) in [6, 6.07) is 16.2. The smallest absolute Gasteiger partial charge is 0.292 e. The molecule has 2 aromatic carbocycles. The maximum atomic E-state index is 12.5. The summed E-state index contributed by atoms with van der Waals surface area (Å²) >= 11 is 1.26. The molecule has 0 aliphatic carbocycles. The summed E-state index contributed by atoms with van der Waals surface area (Å²) in [7, 11) is 0. The number of thioether (sulfide) groups is 1. The van der Waals surface area contributed by atoms with Crippen LogP contribution in [0.25, 0.3) is 17.4 Å². The monoisotopic (exact) mass is 505 g/mol. The molecule has 12 heteroatoms. The van der Waals surface area contributed by atoms with Crippen molar-refractivity contribution in [3.63, 3.8) is 0 Å². The van der Waals surface area contributed by atoms with Gasteiger partial charge in [0.15, 0.2) is 5.17 Å². The van der Waals surface area contributed by atoms with Crippen LogP contribution in [-0.4, -0.2) is 52.0 Å². The fourth-order valence-corrected chi connectivity index (χ4v) is 4.96. The van der Waals surface area contributed by atoms with E-state index in [1.807, 2.05) is 9.80 Å². The average molecular weight is 506 g/mol. The third-order valence-corrected chi connectivity index (χ3v) is 6.89. The maximum absolute atomic E-state index is 12.5. The first kappa shape index (κ1) is 23.3. The molecule has 0 spiro atoms. The Kier molecular flexibility index (Phi) is 6.25. The number of amidine groups is 1. The largest absolute Gasteiger partial charge is 0.457 e. The number of carbonyl (C=O) groups excluding carboxylic acids is 1. The summed E-state index contributed by atoms with van der Waals surface area (Å²) in [6.07, 6.45) is 1.63. The van der Waals surface area contributed by atoms with Crippen LogP contribution in [0.4, 0.5) is 17.1 Å². The van der Waals surface area contributed by atoms with Gasteiger partial charge in [0.05, 0.1) is 14.8 Å².